The van der Waals surface area contributed by atoms with E-state index in [1.807, 2.05) is 6.07 Å². The van der Waals surface area contributed by atoms with E-state index in [2.05, 4.69) is 4.98 Å². The summed E-state index contributed by atoms with van der Waals surface area (Å²) in [4.78, 5) is 15.8. The minimum atomic E-state index is 0.296. The van der Waals surface area contributed by atoms with Crippen molar-refractivity contribution in [1.82, 2.24) is 4.98 Å². The quantitative estimate of drug-likeness (QED) is 0.796. The average molecular weight is 252 g/mol. The van der Waals surface area contributed by atoms with Gasteiger partial charge in [-0.15, -0.1) is 0 Å². The molecule has 2 nitrogen and oxygen atoms in total. The highest BCUT2D eigenvalue weighted by Crippen LogP contribution is 2.28. The van der Waals surface area contributed by atoms with E-state index in [0.717, 1.165) is 17.9 Å². The largest absolute Gasteiger partial charge is 0.299 e. The van der Waals surface area contributed by atoms with Crippen LogP contribution in [0.5, 0.6) is 0 Å². The molecule has 92 valence electrons. The predicted molar refractivity (Wildman–Crippen MR) is 69.2 cm³/mol. The van der Waals surface area contributed by atoms with Crippen LogP contribution in [0.1, 0.15) is 44.1 Å². The van der Waals surface area contributed by atoms with E-state index in [1.54, 1.807) is 12.4 Å². The van der Waals surface area contributed by atoms with Gasteiger partial charge >= 0.3 is 0 Å². The zero-order valence-electron chi connectivity index (χ0n) is 9.99. The van der Waals surface area contributed by atoms with Crippen molar-refractivity contribution in [3.63, 3.8) is 0 Å². The molecule has 17 heavy (non-hydrogen) atoms. The number of halogens is 1. The summed E-state index contributed by atoms with van der Waals surface area (Å²) in [6.07, 6.45) is 10.8. The van der Waals surface area contributed by atoms with Crippen LogP contribution in [0.2, 0.25) is 5.02 Å². The molecule has 0 N–H and O–H groups in total. The van der Waals surface area contributed by atoms with Crippen LogP contribution in [0.25, 0.3) is 0 Å². The van der Waals surface area contributed by atoms with Crippen molar-refractivity contribution in [2.75, 3.05) is 0 Å². The Balaban J connectivity index is 1.79. The highest BCUT2D eigenvalue weighted by Gasteiger charge is 2.16. The van der Waals surface area contributed by atoms with Crippen LogP contribution < -0.4 is 0 Å². The van der Waals surface area contributed by atoms with Crippen molar-refractivity contribution >= 4 is 17.4 Å². The summed E-state index contributed by atoms with van der Waals surface area (Å²) < 4.78 is 0. The molecule has 1 saturated carbocycles. The minimum Gasteiger partial charge on any atom is -0.299 e. The fourth-order valence-corrected chi connectivity index (χ4v) is 2.70. The number of ketones is 1. The lowest BCUT2D eigenvalue weighted by atomic mass is 9.98. The fourth-order valence-electron chi connectivity index (χ4n) is 2.51. The molecule has 0 atom stereocenters. The predicted octanol–water partition coefficient (Wildman–Crippen LogP) is 3.82. The summed E-state index contributed by atoms with van der Waals surface area (Å²) in [6, 6.07) is 1.83. The molecule has 0 spiro atoms. The van der Waals surface area contributed by atoms with Gasteiger partial charge in [0.25, 0.3) is 0 Å². The smallest absolute Gasteiger partial charge is 0.137 e. The van der Waals surface area contributed by atoms with Crippen LogP contribution in [0.15, 0.2) is 18.5 Å². The molecule has 1 fully saturated rings. The molecular weight excluding hydrogens is 234 g/mol. The van der Waals surface area contributed by atoms with E-state index < -0.39 is 0 Å². The normalized spacial score (nSPS) is 16.3. The van der Waals surface area contributed by atoms with E-state index in [4.69, 9.17) is 11.6 Å². The van der Waals surface area contributed by atoms with Crippen molar-refractivity contribution in [3.8, 4) is 0 Å². The van der Waals surface area contributed by atoms with E-state index >= 15 is 0 Å². The van der Waals surface area contributed by atoms with Crippen molar-refractivity contribution in [2.45, 2.75) is 44.9 Å². The number of rotatable bonds is 5. The Hall–Kier alpha value is -0.890. The molecule has 3 heteroatoms. The zero-order chi connectivity index (χ0) is 12.1. The van der Waals surface area contributed by atoms with Gasteiger partial charge in [-0.1, -0.05) is 37.3 Å². The molecule has 0 saturated heterocycles. The summed E-state index contributed by atoms with van der Waals surface area (Å²) in [6.45, 7) is 0. The first-order chi connectivity index (χ1) is 8.25. The molecule has 0 bridgehead atoms. The molecule has 0 aliphatic heterocycles. The topological polar surface area (TPSA) is 30.0 Å². The van der Waals surface area contributed by atoms with Gasteiger partial charge in [0, 0.05) is 25.2 Å². The Morgan fingerprint density at radius 2 is 2.18 bits per heavy atom. The van der Waals surface area contributed by atoms with Gasteiger partial charge in [-0.05, 0) is 24.0 Å². The monoisotopic (exact) mass is 251 g/mol. The molecule has 1 aliphatic carbocycles. The Kier molecular flexibility index (Phi) is 4.55. The lowest BCUT2D eigenvalue weighted by molar-refractivity contribution is -0.118. The van der Waals surface area contributed by atoms with Crippen LogP contribution in [-0.2, 0) is 11.2 Å². The fraction of sp³-hybridized carbons (Fsp3) is 0.571. The van der Waals surface area contributed by atoms with Gasteiger partial charge in [-0.2, -0.15) is 0 Å². The van der Waals surface area contributed by atoms with E-state index in [-0.39, 0.29) is 0 Å². The Labute approximate surface area is 107 Å². The van der Waals surface area contributed by atoms with Crippen molar-refractivity contribution in [2.24, 2.45) is 5.92 Å². The molecule has 0 unspecified atom stereocenters. The van der Waals surface area contributed by atoms with Crippen molar-refractivity contribution in [3.05, 3.63) is 29.0 Å². The summed E-state index contributed by atoms with van der Waals surface area (Å²) in [5.74, 6) is 1.08. The third-order valence-electron chi connectivity index (χ3n) is 3.55. The van der Waals surface area contributed by atoms with Gasteiger partial charge < -0.3 is 0 Å². The van der Waals surface area contributed by atoms with Crippen LogP contribution in [0.3, 0.4) is 0 Å². The number of Topliss-reactive ketones (excluding diaryl/α,β-unsaturated/α-hetero) is 1. The number of carbonyl (C=O) groups is 1. The number of pyridine rings is 1. The summed E-state index contributed by atoms with van der Waals surface area (Å²) in [5, 5.41) is 0.599. The molecule has 1 heterocycles. The molecule has 1 aromatic rings. The third kappa shape index (κ3) is 3.81. The number of aromatic nitrogens is 1. The van der Waals surface area contributed by atoms with Crippen molar-refractivity contribution < 1.29 is 4.79 Å². The first-order valence-electron chi connectivity index (χ1n) is 6.36. The number of hydrogen-bond donors (Lipinski definition) is 0. The standard InChI is InChI=1S/C14H18ClNO/c15-14-10-16-8-7-12(14)9-13(17)6-5-11-3-1-2-4-11/h7-8,10-11H,1-6,9H2. The number of carbonyl (C=O) groups excluding carboxylic acids is 1. The van der Waals surface area contributed by atoms with Crippen LogP contribution in [-0.4, -0.2) is 10.8 Å². The van der Waals surface area contributed by atoms with Gasteiger partial charge in [-0.25, -0.2) is 0 Å². The maximum atomic E-state index is 11.8. The van der Waals surface area contributed by atoms with Crippen LogP contribution in [0.4, 0.5) is 0 Å². The van der Waals surface area contributed by atoms with Gasteiger partial charge in [0.05, 0.1) is 5.02 Å². The second-order valence-corrected chi connectivity index (χ2v) is 5.28. The van der Waals surface area contributed by atoms with E-state index in [1.165, 1.54) is 25.7 Å². The Morgan fingerprint density at radius 1 is 1.41 bits per heavy atom. The lowest BCUT2D eigenvalue weighted by Crippen LogP contribution is -2.06. The number of hydrogen-bond acceptors (Lipinski definition) is 2. The van der Waals surface area contributed by atoms with Gasteiger partial charge in [0.1, 0.15) is 5.78 Å². The molecule has 1 aromatic heterocycles. The second-order valence-electron chi connectivity index (χ2n) is 4.87. The highest BCUT2D eigenvalue weighted by molar-refractivity contribution is 6.31. The lowest BCUT2D eigenvalue weighted by Gasteiger charge is -2.08. The van der Waals surface area contributed by atoms with Crippen LogP contribution >= 0.6 is 11.6 Å². The maximum absolute atomic E-state index is 11.8. The highest BCUT2D eigenvalue weighted by atomic mass is 35.5. The van der Waals surface area contributed by atoms with Crippen LogP contribution in [0, 0.1) is 5.92 Å². The van der Waals surface area contributed by atoms with Gasteiger partial charge in [-0.3, -0.25) is 9.78 Å². The summed E-state index contributed by atoms with van der Waals surface area (Å²) in [7, 11) is 0. The Bertz CT molecular complexity index is 386. The summed E-state index contributed by atoms with van der Waals surface area (Å²) >= 11 is 5.98. The van der Waals surface area contributed by atoms with Gasteiger partial charge in [0.15, 0.2) is 0 Å². The minimum absolute atomic E-state index is 0.296. The summed E-state index contributed by atoms with van der Waals surface area (Å²) in [5.41, 5.74) is 0.901. The average Bonchev–Trinajstić information content (AvgIpc) is 2.82. The SMILES string of the molecule is O=C(CCC1CCCC1)Cc1ccncc1Cl. The molecule has 0 radical (unpaired) electrons. The molecule has 2 rings (SSSR count). The molecule has 1 aliphatic rings. The van der Waals surface area contributed by atoms with Gasteiger partial charge in [0.2, 0.25) is 0 Å². The molecule has 0 aromatic carbocycles. The number of nitrogens with zero attached hydrogens (tertiary/aromatic N) is 1. The first-order valence-corrected chi connectivity index (χ1v) is 6.73. The Morgan fingerprint density at radius 3 is 2.88 bits per heavy atom. The van der Waals surface area contributed by atoms with E-state index in [0.29, 0.717) is 23.6 Å². The molecule has 0 amide bonds. The molecular formula is C14H18ClNO. The second kappa shape index (κ2) is 6.15. The first kappa shape index (κ1) is 12.6. The van der Waals surface area contributed by atoms with Crippen molar-refractivity contribution in [1.29, 1.82) is 0 Å². The third-order valence-corrected chi connectivity index (χ3v) is 3.89. The van der Waals surface area contributed by atoms with E-state index in [9.17, 15) is 4.79 Å². The maximum Gasteiger partial charge on any atom is 0.137 e. The zero-order valence-corrected chi connectivity index (χ0v) is 10.7.